The van der Waals surface area contributed by atoms with E-state index in [1.165, 1.54) is 11.3 Å². The van der Waals surface area contributed by atoms with Crippen LogP contribution in [-0.2, 0) is 11.3 Å². The number of carbonyl (C=O) groups is 3. The molecular formula is C26H25N5O3S2. The highest BCUT2D eigenvalue weighted by molar-refractivity contribution is 7.80. The normalized spacial score (nSPS) is 16.2. The van der Waals surface area contributed by atoms with Crippen LogP contribution in [0, 0.1) is 0 Å². The average molecular weight is 520 g/mol. The summed E-state index contributed by atoms with van der Waals surface area (Å²) in [5, 5.41) is 3.82. The molecule has 5 rings (SSSR count). The van der Waals surface area contributed by atoms with Gasteiger partial charge in [0.05, 0.1) is 27.3 Å². The fourth-order valence-corrected chi connectivity index (χ4v) is 6.22. The van der Waals surface area contributed by atoms with Crippen molar-refractivity contribution in [2.75, 3.05) is 6.54 Å². The highest BCUT2D eigenvalue weighted by Gasteiger charge is 2.38. The van der Waals surface area contributed by atoms with E-state index in [4.69, 9.17) is 28.7 Å². The van der Waals surface area contributed by atoms with E-state index in [-0.39, 0.29) is 23.9 Å². The van der Waals surface area contributed by atoms with Crippen LogP contribution in [0.1, 0.15) is 52.0 Å². The smallest absolute Gasteiger partial charge is 0.254 e. The van der Waals surface area contributed by atoms with Gasteiger partial charge in [-0.15, -0.1) is 11.3 Å². The van der Waals surface area contributed by atoms with Gasteiger partial charge in [0.2, 0.25) is 5.91 Å². The number of primary amides is 1. The molecule has 0 radical (unpaired) electrons. The second-order valence-electron chi connectivity index (χ2n) is 9.27. The number of nitrogens with two attached hydrogens (primary N) is 2. The van der Waals surface area contributed by atoms with Crippen LogP contribution in [0.25, 0.3) is 20.8 Å². The minimum Gasteiger partial charge on any atom is -0.391 e. The van der Waals surface area contributed by atoms with Gasteiger partial charge in [-0.05, 0) is 42.7 Å². The summed E-state index contributed by atoms with van der Waals surface area (Å²) in [7, 11) is 0. The summed E-state index contributed by atoms with van der Waals surface area (Å²) in [6, 6.07) is 10.9. The van der Waals surface area contributed by atoms with E-state index >= 15 is 0 Å². The summed E-state index contributed by atoms with van der Waals surface area (Å²) in [5.74, 6) is -1.01. The molecular weight excluding hydrogens is 494 g/mol. The van der Waals surface area contributed by atoms with Crippen LogP contribution >= 0.6 is 23.6 Å². The van der Waals surface area contributed by atoms with Crippen molar-refractivity contribution in [2.24, 2.45) is 11.5 Å². The second kappa shape index (κ2) is 9.11. The number of fused-ring (bicyclic) bond motifs is 2. The first-order chi connectivity index (χ1) is 17.2. The van der Waals surface area contributed by atoms with E-state index in [0.717, 1.165) is 52.0 Å². The fourth-order valence-electron chi connectivity index (χ4n) is 4.91. The Hall–Kier alpha value is -3.63. The molecule has 8 nitrogen and oxygen atoms in total. The van der Waals surface area contributed by atoms with Crippen LogP contribution in [0.2, 0.25) is 0 Å². The van der Waals surface area contributed by atoms with Crippen molar-refractivity contribution in [2.45, 2.75) is 37.8 Å². The molecule has 2 aromatic carbocycles. The number of benzene rings is 2. The standard InChI is InChI=1S/C26H25N5O3S2/c1-14(21(27)32)12-31-13-18-16(5-4-6-17(18)24(31)34)23-29-19-8-7-15(11-20(19)36-23)22(33)30-26(25(28)35)9-2-3-10-26/h4-8,11H,1-3,9-10,12-13H2,(H2,27,32)(H2,28,35)(H,30,33). The predicted molar refractivity (Wildman–Crippen MR) is 144 cm³/mol. The lowest BCUT2D eigenvalue weighted by Gasteiger charge is -2.29. The SMILES string of the molecule is C=C(CN1Cc2c(cccc2-c2nc3ccc(C(=O)NC4(C(N)=S)CCCC4)cc3s2)C1=O)C(N)=O. The van der Waals surface area contributed by atoms with Crippen molar-refractivity contribution in [3.63, 3.8) is 0 Å². The Balaban J connectivity index is 1.43. The molecule has 1 aliphatic heterocycles. The third-order valence-corrected chi connectivity index (χ3v) is 8.38. The molecule has 0 spiro atoms. The summed E-state index contributed by atoms with van der Waals surface area (Å²) in [4.78, 5) is 44.0. The second-order valence-corrected chi connectivity index (χ2v) is 10.7. The van der Waals surface area contributed by atoms with Crippen molar-refractivity contribution < 1.29 is 14.4 Å². The van der Waals surface area contributed by atoms with Crippen LogP contribution in [0.4, 0.5) is 0 Å². The number of carbonyl (C=O) groups excluding carboxylic acids is 3. The molecule has 3 aromatic rings. The quantitative estimate of drug-likeness (QED) is 0.324. The molecule has 3 amide bonds. The van der Waals surface area contributed by atoms with Gasteiger partial charge in [0, 0.05) is 28.8 Å². The van der Waals surface area contributed by atoms with Crippen LogP contribution in [0.3, 0.4) is 0 Å². The molecule has 2 heterocycles. The predicted octanol–water partition coefficient (Wildman–Crippen LogP) is 3.29. The number of hydrogen-bond acceptors (Lipinski definition) is 6. The monoisotopic (exact) mass is 519 g/mol. The van der Waals surface area contributed by atoms with Crippen LogP contribution in [0.5, 0.6) is 0 Å². The number of rotatable bonds is 7. The number of thiazole rings is 1. The third-order valence-electron chi connectivity index (χ3n) is 6.94. The topological polar surface area (TPSA) is 131 Å². The average Bonchev–Trinajstić information content (AvgIpc) is 3.57. The zero-order valence-electron chi connectivity index (χ0n) is 19.5. The Kier molecular flexibility index (Phi) is 6.09. The van der Waals surface area contributed by atoms with Crippen molar-refractivity contribution >= 4 is 56.5 Å². The van der Waals surface area contributed by atoms with E-state index in [1.54, 1.807) is 17.0 Å². The first kappa shape index (κ1) is 24.1. The fraction of sp³-hybridized carbons (Fsp3) is 0.269. The van der Waals surface area contributed by atoms with Crippen molar-refractivity contribution in [1.29, 1.82) is 0 Å². The van der Waals surface area contributed by atoms with Crippen LogP contribution in [-0.4, -0.2) is 44.7 Å². The Morgan fingerprint density at radius 2 is 1.89 bits per heavy atom. The zero-order valence-corrected chi connectivity index (χ0v) is 21.1. The molecule has 1 fully saturated rings. The number of thiocarbonyl (C=S) groups is 1. The van der Waals surface area contributed by atoms with Gasteiger partial charge in [0.15, 0.2) is 0 Å². The summed E-state index contributed by atoms with van der Waals surface area (Å²) < 4.78 is 0.856. The maximum Gasteiger partial charge on any atom is 0.254 e. The van der Waals surface area contributed by atoms with E-state index < -0.39 is 11.4 Å². The van der Waals surface area contributed by atoms with Crippen molar-refractivity contribution in [1.82, 2.24) is 15.2 Å². The Bertz CT molecular complexity index is 1460. The van der Waals surface area contributed by atoms with Gasteiger partial charge in [-0.3, -0.25) is 14.4 Å². The molecule has 1 saturated carbocycles. The number of hydrogen-bond donors (Lipinski definition) is 3. The molecule has 1 aromatic heterocycles. The lowest BCUT2D eigenvalue weighted by molar-refractivity contribution is -0.114. The molecule has 0 bridgehead atoms. The van der Waals surface area contributed by atoms with Gasteiger partial charge < -0.3 is 21.7 Å². The first-order valence-corrected chi connectivity index (χ1v) is 12.8. The lowest BCUT2D eigenvalue weighted by atomic mass is 9.97. The molecule has 2 aliphatic rings. The molecule has 184 valence electrons. The maximum atomic E-state index is 13.1. The molecule has 1 aliphatic carbocycles. The minimum atomic E-state index is -0.628. The van der Waals surface area contributed by atoms with Crippen LogP contribution in [0.15, 0.2) is 48.6 Å². The molecule has 0 saturated heterocycles. The van der Waals surface area contributed by atoms with E-state index in [9.17, 15) is 14.4 Å². The number of nitrogens with zero attached hydrogens (tertiary/aromatic N) is 2. The Morgan fingerprint density at radius 3 is 2.58 bits per heavy atom. The number of nitrogens with one attached hydrogen (secondary N) is 1. The summed E-state index contributed by atoms with van der Waals surface area (Å²) in [6.07, 6.45) is 3.46. The van der Waals surface area contributed by atoms with E-state index in [0.29, 0.717) is 22.7 Å². The van der Waals surface area contributed by atoms with E-state index in [1.807, 2.05) is 24.3 Å². The van der Waals surface area contributed by atoms with Gasteiger partial charge in [0.1, 0.15) is 5.01 Å². The Labute approximate surface area is 217 Å². The molecule has 10 heteroatoms. The third kappa shape index (κ3) is 4.16. The number of aromatic nitrogens is 1. The van der Waals surface area contributed by atoms with Crippen molar-refractivity contribution in [3.05, 3.63) is 65.2 Å². The summed E-state index contributed by atoms with van der Waals surface area (Å²) >= 11 is 6.72. The van der Waals surface area contributed by atoms with Gasteiger partial charge in [0.25, 0.3) is 11.8 Å². The van der Waals surface area contributed by atoms with Gasteiger partial charge in [-0.1, -0.05) is 43.8 Å². The van der Waals surface area contributed by atoms with E-state index in [2.05, 4.69) is 11.9 Å². The molecule has 36 heavy (non-hydrogen) atoms. The maximum absolute atomic E-state index is 13.1. The molecule has 5 N–H and O–H groups in total. The highest BCUT2D eigenvalue weighted by atomic mass is 32.1. The number of amides is 3. The van der Waals surface area contributed by atoms with Gasteiger partial charge >= 0.3 is 0 Å². The molecule has 0 unspecified atom stereocenters. The van der Waals surface area contributed by atoms with Gasteiger partial charge in [-0.25, -0.2) is 4.98 Å². The largest absolute Gasteiger partial charge is 0.391 e. The van der Waals surface area contributed by atoms with Crippen LogP contribution < -0.4 is 16.8 Å². The Morgan fingerprint density at radius 1 is 1.17 bits per heavy atom. The summed E-state index contributed by atoms with van der Waals surface area (Å²) in [6.45, 7) is 4.08. The summed E-state index contributed by atoms with van der Waals surface area (Å²) in [5.41, 5.74) is 14.4. The minimum absolute atomic E-state index is 0.0777. The first-order valence-electron chi connectivity index (χ1n) is 11.6. The zero-order chi connectivity index (χ0) is 25.6. The lowest BCUT2D eigenvalue weighted by Crippen LogP contribution is -2.54. The highest BCUT2D eigenvalue weighted by Crippen LogP contribution is 2.37. The van der Waals surface area contributed by atoms with Crippen molar-refractivity contribution in [3.8, 4) is 10.6 Å². The molecule has 0 atom stereocenters. The van der Waals surface area contributed by atoms with Gasteiger partial charge in [-0.2, -0.15) is 0 Å².